The molecule has 1 aliphatic heterocycles. The number of pyridine rings is 2. The van der Waals surface area contributed by atoms with Crippen molar-refractivity contribution in [1.82, 2.24) is 14.9 Å². The van der Waals surface area contributed by atoms with E-state index < -0.39 is 29.8 Å². The number of ketones is 1. The van der Waals surface area contributed by atoms with E-state index in [0.29, 0.717) is 37.4 Å². The van der Waals surface area contributed by atoms with Gasteiger partial charge in [-0.1, -0.05) is 12.1 Å². The third-order valence-electron chi connectivity index (χ3n) is 9.41. The van der Waals surface area contributed by atoms with Gasteiger partial charge in [-0.15, -0.1) is 0 Å². The van der Waals surface area contributed by atoms with Crippen LogP contribution < -0.4 is 18.9 Å². The molecule has 1 amide bonds. The van der Waals surface area contributed by atoms with Crippen LogP contribution in [0.15, 0.2) is 79.4 Å². The van der Waals surface area contributed by atoms with Gasteiger partial charge in [0.05, 0.1) is 21.3 Å². The number of nitrogens with zero attached hydrogens (tertiary/aromatic N) is 3. The molecule has 4 aromatic rings. The van der Waals surface area contributed by atoms with Gasteiger partial charge in [-0.2, -0.15) is 0 Å². The molecule has 11 nitrogen and oxygen atoms in total. The van der Waals surface area contributed by atoms with Crippen molar-refractivity contribution in [3.05, 3.63) is 107 Å². The summed E-state index contributed by atoms with van der Waals surface area (Å²) in [5, 5.41) is 0. The van der Waals surface area contributed by atoms with Gasteiger partial charge in [0.1, 0.15) is 24.5 Å². The Morgan fingerprint density at radius 2 is 1.62 bits per heavy atom. The summed E-state index contributed by atoms with van der Waals surface area (Å²) in [5.74, 6) is -0.685. The Morgan fingerprint density at radius 3 is 2.32 bits per heavy atom. The minimum absolute atomic E-state index is 0.0419. The molecule has 2 aromatic heterocycles. The molecule has 50 heavy (non-hydrogen) atoms. The van der Waals surface area contributed by atoms with Crippen molar-refractivity contribution in [2.75, 3.05) is 27.9 Å². The van der Waals surface area contributed by atoms with Gasteiger partial charge >= 0.3 is 5.97 Å². The number of carbonyl (C=O) groups is 3. The molecule has 2 aliphatic rings. The number of rotatable bonds is 12. The largest absolute Gasteiger partial charge is 0.493 e. The summed E-state index contributed by atoms with van der Waals surface area (Å²) >= 11 is 0. The van der Waals surface area contributed by atoms with E-state index in [1.807, 2.05) is 48.7 Å². The number of Topliss-reactive ketones (excluding diaryl/α,β-unsaturated/α-hetero) is 1. The summed E-state index contributed by atoms with van der Waals surface area (Å²) in [4.78, 5) is 51.4. The molecule has 1 fully saturated rings. The first-order chi connectivity index (χ1) is 24.4. The molecule has 0 unspecified atom stereocenters. The molecule has 1 saturated heterocycles. The molecule has 0 radical (unpaired) electrons. The van der Waals surface area contributed by atoms with Crippen LogP contribution in [0.1, 0.15) is 64.4 Å². The molecule has 3 atom stereocenters. The van der Waals surface area contributed by atoms with Crippen molar-refractivity contribution in [3.63, 3.8) is 0 Å². The first kappa shape index (κ1) is 34.4. The van der Waals surface area contributed by atoms with E-state index in [4.69, 9.17) is 23.7 Å². The van der Waals surface area contributed by atoms with Gasteiger partial charge in [0.2, 0.25) is 5.75 Å². The predicted octanol–water partition coefficient (Wildman–Crippen LogP) is 5.73. The van der Waals surface area contributed by atoms with Crippen molar-refractivity contribution < 1.29 is 38.1 Å². The van der Waals surface area contributed by atoms with Crippen LogP contribution in [0, 0.1) is 5.92 Å². The lowest BCUT2D eigenvalue weighted by molar-refractivity contribution is -0.163. The molecule has 0 N–H and O–H groups in total. The second-order valence-electron chi connectivity index (χ2n) is 12.5. The summed E-state index contributed by atoms with van der Waals surface area (Å²) < 4.78 is 28.8. The molecule has 0 bridgehead atoms. The Kier molecular flexibility index (Phi) is 10.9. The SMILES string of the molecule is COc1cc(C(=O)C(=O)N2CCCC[C@H]2C(=O)O[C@@H]2c3cc(OCc4ccncc4)ccc3CC[C@H]2Cc2cccnc2)cc(OC)c1OC. The zero-order chi connectivity index (χ0) is 35.0. The Hall–Kier alpha value is -5.45. The number of piperidine rings is 1. The lowest BCUT2D eigenvalue weighted by Crippen LogP contribution is -2.51. The predicted molar refractivity (Wildman–Crippen MR) is 183 cm³/mol. The molecule has 260 valence electrons. The van der Waals surface area contributed by atoms with E-state index in [0.717, 1.165) is 41.5 Å². The number of aryl methyl sites for hydroxylation is 1. The van der Waals surface area contributed by atoms with Gasteiger partial charge in [-0.25, -0.2) is 4.79 Å². The van der Waals surface area contributed by atoms with Gasteiger partial charge in [0.15, 0.2) is 11.5 Å². The minimum atomic E-state index is -0.919. The van der Waals surface area contributed by atoms with Crippen LogP contribution in [-0.2, 0) is 33.8 Å². The van der Waals surface area contributed by atoms with Crippen LogP contribution >= 0.6 is 0 Å². The monoisotopic (exact) mass is 679 g/mol. The van der Waals surface area contributed by atoms with E-state index in [2.05, 4.69) is 9.97 Å². The number of amides is 1. The standard InChI is InChI=1S/C39H41N3O8/c1-46-33-20-29(21-34(47-2)37(33)48-3)35(43)38(44)42-18-5-4-8-32(42)39(45)50-36-28(19-26-7-6-15-41-23-26)10-9-27-11-12-30(22-31(27)36)49-24-25-13-16-40-17-14-25/h6-7,11-17,20-23,28,32,36H,4-5,8-10,18-19,24H2,1-3H3/t28-,32-,36-/m0/s1. The Morgan fingerprint density at radius 1 is 0.840 bits per heavy atom. The maximum atomic E-state index is 14.2. The van der Waals surface area contributed by atoms with Crippen LogP contribution in [0.3, 0.4) is 0 Å². The van der Waals surface area contributed by atoms with Gasteiger partial charge in [0, 0.05) is 42.8 Å². The number of aromatic nitrogens is 2. The minimum Gasteiger partial charge on any atom is -0.493 e. The zero-order valence-corrected chi connectivity index (χ0v) is 28.5. The molecular weight excluding hydrogens is 638 g/mol. The normalized spacial score (nSPS) is 18.4. The fourth-order valence-electron chi connectivity index (χ4n) is 6.83. The fourth-order valence-corrected chi connectivity index (χ4v) is 6.83. The molecule has 2 aromatic carbocycles. The molecule has 1 aliphatic carbocycles. The number of fused-ring (bicyclic) bond motifs is 1. The molecule has 11 heteroatoms. The molecule has 6 rings (SSSR count). The van der Waals surface area contributed by atoms with E-state index in [1.165, 1.54) is 38.4 Å². The third kappa shape index (κ3) is 7.56. The molecular formula is C39H41N3O8. The second kappa shape index (κ2) is 15.8. The first-order valence-corrected chi connectivity index (χ1v) is 16.8. The second-order valence-corrected chi connectivity index (χ2v) is 12.5. The summed E-state index contributed by atoms with van der Waals surface area (Å²) in [5.41, 5.74) is 4.05. The zero-order valence-electron chi connectivity index (χ0n) is 28.5. The summed E-state index contributed by atoms with van der Waals surface area (Å²) in [7, 11) is 4.33. The number of ether oxygens (including phenoxy) is 5. The van der Waals surface area contributed by atoms with Crippen molar-refractivity contribution in [2.24, 2.45) is 5.92 Å². The van der Waals surface area contributed by atoms with E-state index in [1.54, 1.807) is 18.6 Å². The third-order valence-corrected chi connectivity index (χ3v) is 9.41. The van der Waals surface area contributed by atoms with Crippen LogP contribution in [-0.4, -0.2) is 66.4 Å². The highest BCUT2D eigenvalue weighted by Crippen LogP contribution is 2.42. The van der Waals surface area contributed by atoms with Crippen molar-refractivity contribution in [2.45, 2.75) is 57.3 Å². The molecule has 3 heterocycles. The maximum absolute atomic E-state index is 14.2. The summed E-state index contributed by atoms with van der Waals surface area (Å²) in [6.07, 6.45) is 10.4. The van der Waals surface area contributed by atoms with Gasteiger partial charge in [-0.05, 0) is 103 Å². The molecule has 0 saturated carbocycles. The average Bonchev–Trinajstić information content (AvgIpc) is 3.17. The Labute approximate surface area is 291 Å². The van der Waals surface area contributed by atoms with Gasteiger partial charge < -0.3 is 28.6 Å². The van der Waals surface area contributed by atoms with Gasteiger partial charge in [0.25, 0.3) is 11.7 Å². The van der Waals surface area contributed by atoms with E-state index in [-0.39, 0.29) is 29.5 Å². The first-order valence-electron chi connectivity index (χ1n) is 16.8. The number of methoxy groups -OCH3 is 3. The van der Waals surface area contributed by atoms with Crippen LogP contribution in [0.4, 0.5) is 0 Å². The summed E-state index contributed by atoms with van der Waals surface area (Å²) in [6, 6.07) is 15.6. The van der Waals surface area contributed by atoms with Crippen molar-refractivity contribution in [3.8, 4) is 23.0 Å². The highest BCUT2D eigenvalue weighted by molar-refractivity contribution is 6.43. The van der Waals surface area contributed by atoms with Gasteiger partial charge in [-0.3, -0.25) is 19.6 Å². The fraction of sp³-hybridized carbons (Fsp3) is 0.359. The lowest BCUT2D eigenvalue weighted by Gasteiger charge is -2.38. The highest BCUT2D eigenvalue weighted by Gasteiger charge is 2.40. The van der Waals surface area contributed by atoms with E-state index in [9.17, 15) is 14.4 Å². The lowest BCUT2D eigenvalue weighted by atomic mass is 9.78. The van der Waals surface area contributed by atoms with Crippen LogP contribution in [0.2, 0.25) is 0 Å². The Bertz CT molecular complexity index is 1790. The number of hydrogen-bond donors (Lipinski definition) is 0. The van der Waals surface area contributed by atoms with E-state index >= 15 is 0 Å². The number of hydrogen-bond acceptors (Lipinski definition) is 10. The smallest absolute Gasteiger partial charge is 0.329 e. The quantitative estimate of drug-likeness (QED) is 0.104. The number of esters is 1. The number of carbonyl (C=O) groups excluding carboxylic acids is 3. The molecule has 0 spiro atoms. The highest BCUT2D eigenvalue weighted by atomic mass is 16.5. The maximum Gasteiger partial charge on any atom is 0.329 e. The topological polar surface area (TPSA) is 126 Å². The average molecular weight is 680 g/mol. The summed E-state index contributed by atoms with van der Waals surface area (Å²) in [6.45, 7) is 0.617. The number of likely N-dealkylation sites (tertiary alicyclic amines) is 1. The Balaban J connectivity index is 1.26. The van der Waals surface area contributed by atoms with Crippen LogP contribution in [0.5, 0.6) is 23.0 Å². The van der Waals surface area contributed by atoms with Crippen LogP contribution in [0.25, 0.3) is 0 Å². The van der Waals surface area contributed by atoms with Crippen molar-refractivity contribution >= 4 is 17.7 Å². The number of benzene rings is 2. The van der Waals surface area contributed by atoms with Crippen molar-refractivity contribution in [1.29, 1.82) is 0 Å².